The molecule has 0 bridgehead atoms. The standard InChI is InChI=1S/C23H21FNO3/c1-25-19(14-22(26)16-6-10-18(24)11-7-16)4-3-5-20(25)15-23(27)17-8-12-21(28-2)13-9-17/h3-13H,14-15H2,1-2H3/q+1. The van der Waals surface area contributed by atoms with Crippen molar-refractivity contribution in [1.29, 1.82) is 0 Å². The number of halogens is 1. The normalized spacial score (nSPS) is 10.5. The van der Waals surface area contributed by atoms with Gasteiger partial charge in [0, 0.05) is 23.3 Å². The predicted molar refractivity (Wildman–Crippen MR) is 103 cm³/mol. The Morgan fingerprint density at radius 1 is 0.821 bits per heavy atom. The number of methoxy groups -OCH3 is 1. The summed E-state index contributed by atoms with van der Waals surface area (Å²) in [7, 11) is 3.42. The summed E-state index contributed by atoms with van der Waals surface area (Å²) in [4.78, 5) is 25.1. The van der Waals surface area contributed by atoms with Crippen LogP contribution in [-0.4, -0.2) is 18.7 Å². The fourth-order valence-corrected chi connectivity index (χ4v) is 2.98. The summed E-state index contributed by atoms with van der Waals surface area (Å²) < 4.78 is 20.0. The minimum Gasteiger partial charge on any atom is -0.497 e. The predicted octanol–water partition coefficient (Wildman–Crippen LogP) is 3.51. The Balaban J connectivity index is 1.75. The van der Waals surface area contributed by atoms with Gasteiger partial charge in [0.1, 0.15) is 18.6 Å². The SMILES string of the molecule is COc1ccc(C(=O)Cc2cccc(CC(=O)c3ccc(F)cc3)[n+]2C)cc1. The number of hydrogen-bond acceptors (Lipinski definition) is 3. The van der Waals surface area contributed by atoms with Crippen LogP contribution in [0.15, 0.2) is 66.7 Å². The molecule has 0 spiro atoms. The molecule has 28 heavy (non-hydrogen) atoms. The minimum atomic E-state index is -0.374. The van der Waals surface area contributed by atoms with Crippen molar-refractivity contribution in [3.05, 3.63) is 95.1 Å². The molecule has 0 unspecified atom stereocenters. The molecule has 0 amide bonds. The lowest BCUT2D eigenvalue weighted by Crippen LogP contribution is -2.40. The maximum atomic E-state index is 13.0. The summed E-state index contributed by atoms with van der Waals surface area (Å²) >= 11 is 0. The highest BCUT2D eigenvalue weighted by Gasteiger charge is 2.19. The van der Waals surface area contributed by atoms with Gasteiger partial charge in [-0.05, 0) is 54.6 Å². The van der Waals surface area contributed by atoms with Gasteiger partial charge in [0.25, 0.3) is 0 Å². The zero-order valence-corrected chi connectivity index (χ0v) is 15.8. The number of carbonyl (C=O) groups excluding carboxylic acids is 2. The van der Waals surface area contributed by atoms with E-state index in [1.165, 1.54) is 24.3 Å². The molecule has 0 fully saturated rings. The topological polar surface area (TPSA) is 47.3 Å². The molecule has 0 aliphatic heterocycles. The van der Waals surface area contributed by atoms with E-state index < -0.39 is 0 Å². The Morgan fingerprint density at radius 2 is 1.29 bits per heavy atom. The van der Waals surface area contributed by atoms with Crippen LogP contribution in [0, 0.1) is 5.82 Å². The van der Waals surface area contributed by atoms with E-state index >= 15 is 0 Å². The molecule has 1 aromatic heterocycles. The fourth-order valence-electron chi connectivity index (χ4n) is 2.98. The first-order valence-corrected chi connectivity index (χ1v) is 8.90. The molecule has 0 aliphatic rings. The Kier molecular flexibility index (Phi) is 5.94. The third-order valence-corrected chi connectivity index (χ3v) is 4.70. The second kappa shape index (κ2) is 8.57. The van der Waals surface area contributed by atoms with Crippen LogP contribution in [0.1, 0.15) is 32.1 Å². The van der Waals surface area contributed by atoms with E-state index in [-0.39, 0.29) is 30.2 Å². The first-order valence-electron chi connectivity index (χ1n) is 8.90. The summed E-state index contributed by atoms with van der Waals surface area (Å²) in [5.74, 6) is 0.207. The molecule has 5 heteroatoms. The summed E-state index contributed by atoms with van der Waals surface area (Å²) in [5, 5.41) is 0. The number of aromatic nitrogens is 1. The maximum absolute atomic E-state index is 13.0. The highest BCUT2D eigenvalue weighted by Crippen LogP contribution is 2.13. The summed E-state index contributed by atoms with van der Waals surface area (Å²) in [5.41, 5.74) is 2.66. The first-order chi connectivity index (χ1) is 13.5. The number of ether oxygens (including phenoxy) is 1. The smallest absolute Gasteiger partial charge is 0.189 e. The van der Waals surface area contributed by atoms with Gasteiger partial charge in [-0.2, -0.15) is 0 Å². The van der Waals surface area contributed by atoms with Crippen molar-refractivity contribution >= 4 is 11.6 Å². The lowest BCUT2D eigenvalue weighted by atomic mass is 10.0. The molecule has 142 valence electrons. The number of hydrogen-bond donors (Lipinski definition) is 0. The van der Waals surface area contributed by atoms with Gasteiger partial charge in [-0.15, -0.1) is 0 Å². The Bertz CT molecular complexity index is 995. The minimum absolute atomic E-state index is 0.0136. The number of nitrogens with zero attached hydrogens (tertiary/aromatic N) is 1. The molecule has 2 aromatic carbocycles. The van der Waals surface area contributed by atoms with E-state index in [2.05, 4.69) is 0 Å². The second-order valence-electron chi connectivity index (χ2n) is 6.50. The number of benzene rings is 2. The molecular weight excluding hydrogens is 357 g/mol. The van der Waals surface area contributed by atoms with Crippen molar-refractivity contribution in [1.82, 2.24) is 0 Å². The first kappa shape index (κ1) is 19.4. The van der Waals surface area contributed by atoms with E-state index in [9.17, 15) is 14.0 Å². The van der Waals surface area contributed by atoms with Crippen molar-refractivity contribution in [2.75, 3.05) is 7.11 Å². The van der Waals surface area contributed by atoms with Crippen LogP contribution < -0.4 is 9.30 Å². The van der Waals surface area contributed by atoms with Crippen molar-refractivity contribution in [3.8, 4) is 5.75 Å². The fraction of sp³-hybridized carbons (Fsp3) is 0.174. The van der Waals surface area contributed by atoms with Crippen LogP contribution in [-0.2, 0) is 19.9 Å². The zero-order chi connectivity index (χ0) is 20.1. The van der Waals surface area contributed by atoms with Crippen LogP contribution in [0.2, 0.25) is 0 Å². The Hall–Kier alpha value is -3.34. The monoisotopic (exact) mass is 378 g/mol. The third-order valence-electron chi connectivity index (χ3n) is 4.70. The van der Waals surface area contributed by atoms with Gasteiger partial charge in [-0.25, -0.2) is 8.96 Å². The van der Waals surface area contributed by atoms with Crippen LogP contribution in [0.4, 0.5) is 4.39 Å². The number of ketones is 2. The van der Waals surface area contributed by atoms with E-state index in [4.69, 9.17) is 4.74 Å². The van der Waals surface area contributed by atoms with E-state index in [1.54, 1.807) is 31.4 Å². The van der Waals surface area contributed by atoms with Crippen molar-refractivity contribution in [2.45, 2.75) is 12.8 Å². The molecule has 0 N–H and O–H groups in total. The zero-order valence-electron chi connectivity index (χ0n) is 15.8. The summed E-state index contributed by atoms with van der Waals surface area (Å²) in [6, 6.07) is 18.1. The number of rotatable bonds is 7. The van der Waals surface area contributed by atoms with Crippen LogP contribution in [0.25, 0.3) is 0 Å². The summed E-state index contributed by atoms with van der Waals surface area (Å²) in [6.07, 6.45) is 0.397. The largest absolute Gasteiger partial charge is 0.497 e. The van der Waals surface area contributed by atoms with Crippen molar-refractivity contribution < 1.29 is 23.3 Å². The van der Waals surface area contributed by atoms with E-state index in [1.807, 2.05) is 29.8 Å². The van der Waals surface area contributed by atoms with Gasteiger partial charge in [0.05, 0.1) is 20.0 Å². The molecule has 4 nitrogen and oxygen atoms in total. The molecule has 0 saturated carbocycles. The van der Waals surface area contributed by atoms with Crippen molar-refractivity contribution in [3.63, 3.8) is 0 Å². The van der Waals surface area contributed by atoms with E-state index in [0.29, 0.717) is 16.9 Å². The average Bonchev–Trinajstić information content (AvgIpc) is 2.71. The molecule has 0 atom stereocenters. The maximum Gasteiger partial charge on any atom is 0.189 e. The molecular formula is C23H21FNO3+. The lowest BCUT2D eigenvalue weighted by Gasteiger charge is -2.06. The second-order valence-corrected chi connectivity index (χ2v) is 6.50. The quantitative estimate of drug-likeness (QED) is 0.467. The summed E-state index contributed by atoms with van der Waals surface area (Å²) in [6.45, 7) is 0. The lowest BCUT2D eigenvalue weighted by molar-refractivity contribution is -0.685. The van der Waals surface area contributed by atoms with Gasteiger partial charge in [-0.1, -0.05) is 0 Å². The molecule has 3 rings (SSSR count). The van der Waals surface area contributed by atoms with Crippen LogP contribution in [0.3, 0.4) is 0 Å². The van der Waals surface area contributed by atoms with Gasteiger partial charge in [0.15, 0.2) is 23.0 Å². The number of Topliss-reactive ketones (excluding diaryl/α,β-unsaturated/α-hetero) is 2. The highest BCUT2D eigenvalue weighted by molar-refractivity contribution is 5.97. The van der Waals surface area contributed by atoms with Gasteiger partial charge < -0.3 is 4.74 Å². The molecule has 1 heterocycles. The van der Waals surface area contributed by atoms with Crippen LogP contribution >= 0.6 is 0 Å². The van der Waals surface area contributed by atoms with Gasteiger partial charge >= 0.3 is 0 Å². The molecule has 3 aromatic rings. The van der Waals surface area contributed by atoms with Gasteiger partial charge in [-0.3, -0.25) is 9.59 Å². The molecule has 0 saturated heterocycles. The van der Waals surface area contributed by atoms with E-state index in [0.717, 1.165) is 11.4 Å². The Morgan fingerprint density at radius 3 is 1.75 bits per heavy atom. The average molecular weight is 378 g/mol. The molecule has 0 aliphatic carbocycles. The van der Waals surface area contributed by atoms with Gasteiger partial charge in [0.2, 0.25) is 0 Å². The van der Waals surface area contributed by atoms with Crippen LogP contribution in [0.5, 0.6) is 5.75 Å². The highest BCUT2D eigenvalue weighted by atomic mass is 19.1. The Labute approximate surface area is 163 Å². The molecule has 0 radical (unpaired) electrons. The third kappa shape index (κ3) is 4.49. The van der Waals surface area contributed by atoms with Crippen molar-refractivity contribution in [2.24, 2.45) is 7.05 Å². The number of pyridine rings is 1. The number of carbonyl (C=O) groups is 2.